The Morgan fingerprint density at radius 2 is 2.05 bits per heavy atom. The predicted octanol–water partition coefficient (Wildman–Crippen LogP) is 3.80. The lowest BCUT2D eigenvalue weighted by molar-refractivity contribution is 0.198. The zero-order valence-corrected chi connectivity index (χ0v) is 14.2. The largest absolute Gasteiger partial charge is 0.306 e. The van der Waals surface area contributed by atoms with E-state index in [9.17, 15) is 0 Å². The van der Waals surface area contributed by atoms with Crippen LogP contribution in [0.3, 0.4) is 0 Å². The van der Waals surface area contributed by atoms with Gasteiger partial charge in [-0.3, -0.25) is 4.90 Å². The molecule has 0 saturated heterocycles. The van der Waals surface area contributed by atoms with Gasteiger partial charge in [0.25, 0.3) is 0 Å². The van der Waals surface area contributed by atoms with Crippen molar-refractivity contribution in [2.45, 2.75) is 78.0 Å². The predicted molar refractivity (Wildman–Crippen MR) is 87.0 cm³/mol. The smallest absolute Gasteiger partial charge is 0.107 e. The van der Waals surface area contributed by atoms with Crippen LogP contribution in [0.1, 0.15) is 64.1 Å². The van der Waals surface area contributed by atoms with E-state index in [1.807, 2.05) is 0 Å². The maximum Gasteiger partial charge on any atom is 0.107 e. The van der Waals surface area contributed by atoms with E-state index >= 15 is 0 Å². The molecule has 0 unspecified atom stereocenters. The fourth-order valence-corrected chi connectivity index (χ4v) is 3.54. The number of hydrogen-bond acceptors (Lipinski definition) is 4. The molecular formula is C16H29N3S. The Labute approximate surface area is 127 Å². The summed E-state index contributed by atoms with van der Waals surface area (Å²) in [7, 11) is 0. The lowest BCUT2D eigenvalue weighted by atomic mass is 10.1. The summed E-state index contributed by atoms with van der Waals surface area (Å²) in [6.45, 7) is 11.9. The molecule has 0 spiro atoms. The topological polar surface area (TPSA) is 28.2 Å². The molecule has 4 heteroatoms. The Morgan fingerprint density at radius 3 is 2.65 bits per heavy atom. The highest BCUT2D eigenvalue weighted by Crippen LogP contribution is 2.25. The average molecular weight is 295 g/mol. The van der Waals surface area contributed by atoms with Crippen molar-refractivity contribution in [2.75, 3.05) is 6.54 Å². The van der Waals surface area contributed by atoms with Crippen LogP contribution in [0.15, 0.2) is 5.38 Å². The minimum Gasteiger partial charge on any atom is -0.306 e. The van der Waals surface area contributed by atoms with Gasteiger partial charge in [0.2, 0.25) is 0 Å². The van der Waals surface area contributed by atoms with Crippen molar-refractivity contribution in [1.29, 1.82) is 0 Å². The van der Waals surface area contributed by atoms with Crippen LogP contribution in [0.5, 0.6) is 0 Å². The molecule has 114 valence electrons. The summed E-state index contributed by atoms with van der Waals surface area (Å²) in [6, 6.07) is 0.790. The van der Waals surface area contributed by atoms with Gasteiger partial charge in [0.15, 0.2) is 0 Å². The molecule has 0 atom stereocenters. The second-order valence-corrected chi connectivity index (χ2v) is 7.78. The van der Waals surface area contributed by atoms with Gasteiger partial charge in [0.05, 0.1) is 5.69 Å². The average Bonchev–Trinajstić information content (AvgIpc) is 3.04. The number of nitrogens with one attached hydrogen (secondary N) is 1. The zero-order valence-electron chi connectivity index (χ0n) is 13.4. The molecule has 2 rings (SSSR count). The van der Waals surface area contributed by atoms with Gasteiger partial charge in [-0.2, -0.15) is 0 Å². The standard InChI is InChI=1S/C16H29N3S/c1-5-19(14-8-6-7-9-14)11-13-12-20-15(18-13)10-17-16(2,3)4/h12,14,17H,5-11H2,1-4H3. The molecule has 3 nitrogen and oxygen atoms in total. The Morgan fingerprint density at radius 1 is 1.35 bits per heavy atom. The third-order valence-corrected chi connectivity index (χ3v) is 4.88. The van der Waals surface area contributed by atoms with Gasteiger partial charge >= 0.3 is 0 Å². The Hall–Kier alpha value is -0.450. The van der Waals surface area contributed by atoms with Gasteiger partial charge in [-0.25, -0.2) is 4.98 Å². The fourth-order valence-electron chi connectivity index (χ4n) is 2.82. The van der Waals surface area contributed by atoms with Crippen molar-refractivity contribution in [3.05, 3.63) is 16.1 Å². The van der Waals surface area contributed by atoms with Crippen molar-refractivity contribution < 1.29 is 0 Å². The monoisotopic (exact) mass is 295 g/mol. The Kier molecular flexibility index (Phi) is 5.58. The molecule has 0 aliphatic heterocycles. The molecule has 1 N–H and O–H groups in total. The molecule has 0 bridgehead atoms. The van der Waals surface area contributed by atoms with Crippen molar-refractivity contribution in [2.24, 2.45) is 0 Å². The van der Waals surface area contributed by atoms with Crippen LogP contribution in [0.2, 0.25) is 0 Å². The molecule has 0 amide bonds. The van der Waals surface area contributed by atoms with Gasteiger partial charge in [-0.1, -0.05) is 19.8 Å². The molecular weight excluding hydrogens is 266 g/mol. The quantitative estimate of drug-likeness (QED) is 0.865. The first-order valence-electron chi connectivity index (χ1n) is 7.90. The van der Waals surface area contributed by atoms with Gasteiger partial charge in [0, 0.05) is 30.1 Å². The molecule has 1 aromatic heterocycles. The number of rotatable bonds is 6. The van der Waals surface area contributed by atoms with E-state index < -0.39 is 0 Å². The van der Waals surface area contributed by atoms with Gasteiger partial charge < -0.3 is 5.32 Å². The minimum absolute atomic E-state index is 0.158. The number of aromatic nitrogens is 1. The van der Waals surface area contributed by atoms with Crippen LogP contribution >= 0.6 is 11.3 Å². The van der Waals surface area contributed by atoms with Gasteiger partial charge in [0.1, 0.15) is 5.01 Å². The van der Waals surface area contributed by atoms with E-state index in [-0.39, 0.29) is 5.54 Å². The first kappa shape index (κ1) is 15.9. The Bertz CT molecular complexity index is 402. The van der Waals surface area contributed by atoms with Crippen LogP contribution in [-0.2, 0) is 13.1 Å². The third-order valence-electron chi connectivity index (χ3n) is 3.98. The van der Waals surface area contributed by atoms with Crippen LogP contribution in [0.25, 0.3) is 0 Å². The van der Waals surface area contributed by atoms with E-state index in [0.717, 1.165) is 25.7 Å². The number of nitrogens with zero attached hydrogens (tertiary/aromatic N) is 2. The van der Waals surface area contributed by atoms with E-state index in [1.54, 1.807) is 11.3 Å². The molecule has 1 heterocycles. The van der Waals surface area contributed by atoms with Gasteiger partial charge in [-0.05, 0) is 40.2 Å². The summed E-state index contributed by atoms with van der Waals surface area (Å²) in [5.74, 6) is 0. The fraction of sp³-hybridized carbons (Fsp3) is 0.812. The van der Waals surface area contributed by atoms with Gasteiger partial charge in [-0.15, -0.1) is 11.3 Å². The van der Waals surface area contributed by atoms with Crippen molar-refractivity contribution >= 4 is 11.3 Å². The SMILES string of the molecule is CCN(Cc1csc(CNC(C)(C)C)n1)C1CCCC1. The van der Waals surface area contributed by atoms with Crippen molar-refractivity contribution in [1.82, 2.24) is 15.2 Å². The molecule has 1 saturated carbocycles. The first-order chi connectivity index (χ1) is 9.48. The van der Waals surface area contributed by atoms with Crippen molar-refractivity contribution in [3.63, 3.8) is 0 Å². The molecule has 1 fully saturated rings. The molecule has 20 heavy (non-hydrogen) atoms. The minimum atomic E-state index is 0.158. The highest BCUT2D eigenvalue weighted by atomic mass is 32.1. The van der Waals surface area contributed by atoms with Crippen molar-refractivity contribution in [3.8, 4) is 0 Å². The molecule has 1 aliphatic carbocycles. The highest BCUT2D eigenvalue weighted by Gasteiger charge is 2.22. The summed E-state index contributed by atoms with van der Waals surface area (Å²) in [5.41, 5.74) is 1.40. The highest BCUT2D eigenvalue weighted by molar-refractivity contribution is 7.09. The van der Waals surface area contributed by atoms with Crippen LogP contribution < -0.4 is 5.32 Å². The van der Waals surface area contributed by atoms with Crippen LogP contribution in [-0.4, -0.2) is 28.0 Å². The summed E-state index contributed by atoms with van der Waals surface area (Å²) in [4.78, 5) is 7.39. The summed E-state index contributed by atoms with van der Waals surface area (Å²) >= 11 is 1.78. The second kappa shape index (κ2) is 7.01. The van der Waals surface area contributed by atoms with E-state index in [0.29, 0.717) is 0 Å². The normalized spacial score (nSPS) is 17.2. The lowest BCUT2D eigenvalue weighted by Gasteiger charge is -2.26. The second-order valence-electron chi connectivity index (χ2n) is 6.84. The summed E-state index contributed by atoms with van der Waals surface area (Å²) in [6.07, 6.45) is 5.55. The summed E-state index contributed by atoms with van der Waals surface area (Å²) < 4.78 is 0. The number of hydrogen-bond donors (Lipinski definition) is 1. The zero-order chi connectivity index (χ0) is 14.6. The molecule has 0 aromatic carbocycles. The maximum absolute atomic E-state index is 4.79. The van der Waals surface area contributed by atoms with E-state index in [4.69, 9.17) is 4.98 Å². The molecule has 0 radical (unpaired) electrons. The lowest BCUT2D eigenvalue weighted by Crippen LogP contribution is -2.35. The molecule has 1 aromatic rings. The summed E-state index contributed by atoms with van der Waals surface area (Å²) in [5, 5.41) is 6.95. The van der Waals surface area contributed by atoms with E-state index in [1.165, 1.54) is 36.4 Å². The van der Waals surface area contributed by atoms with Crippen LogP contribution in [0.4, 0.5) is 0 Å². The molecule has 1 aliphatic rings. The maximum atomic E-state index is 4.79. The van der Waals surface area contributed by atoms with Crippen LogP contribution in [0, 0.1) is 0 Å². The first-order valence-corrected chi connectivity index (χ1v) is 8.78. The van der Waals surface area contributed by atoms with E-state index in [2.05, 4.69) is 43.3 Å². The third kappa shape index (κ3) is 4.83. The Balaban J connectivity index is 1.87. The number of thiazole rings is 1.